The Balaban J connectivity index is 2.29. The molecule has 1 saturated heterocycles. The molecular weight excluding hydrogens is 227 g/mol. The highest BCUT2D eigenvalue weighted by molar-refractivity contribution is 5.56. The highest BCUT2D eigenvalue weighted by atomic mass is 19.1. The molecule has 0 aromatic heterocycles. The van der Waals surface area contributed by atoms with Crippen LogP contribution in [-0.2, 0) is 6.42 Å². The molecular formula is C15H23FN2. The Morgan fingerprint density at radius 1 is 1.28 bits per heavy atom. The molecule has 1 aliphatic rings. The number of hydrogen-bond donors (Lipinski definition) is 1. The van der Waals surface area contributed by atoms with E-state index in [4.69, 9.17) is 0 Å². The van der Waals surface area contributed by atoms with Gasteiger partial charge in [0.05, 0.1) is 0 Å². The predicted octanol–water partition coefficient (Wildman–Crippen LogP) is 2.74. The number of halogens is 1. The lowest BCUT2D eigenvalue weighted by atomic mass is 9.99. The van der Waals surface area contributed by atoms with Gasteiger partial charge in [0.15, 0.2) is 0 Å². The highest BCUT2D eigenvalue weighted by Gasteiger charge is 2.16. The first-order valence-corrected chi connectivity index (χ1v) is 6.82. The first-order chi connectivity index (χ1) is 8.58. The van der Waals surface area contributed by atoms with Gasteiger partial charge in [-0.25, -0.2) is 4.39 Å². The van der Waals surface area contributed by atoms with E-state index in [9.17, 15) is 4.39 Å². The third-order valence-electron chi connectivity index (χ3n) is 3.48. The van der Waals surface area contributed by atoms with E-state index in [0.717, 1.165) is 49.4 Å². The van der Waals surface area contributed by atoms with Gasteiger partial charge in [0.1, 0.15) is 5.82 Å². The summed E-state index contributed by atoms with van der Waals surface area (Å²) in [5.74, 6) is 0.490. The number of nitrogens with zero attached hydrogens (tertiary/aromatic N) is 1. The summed E-state index contributed by atoms with van der Waals surface area (Å²) in [4.78, 5) is 2.29. The molecule has 1 N–H and O–H groups in total. The maximum Gasteiger partial charge on any atom is 0.128 e. The van der Waals surface area contributed by atoms with Crippen molar-refractivity contribution >= 4 is 5.69 Å². The molecule has 1 aromatic rings. The third-order valence-corrected chi connectivity index (χ3v) is 3.48. The molecule has 1 fully saturated rings. The zero-order valence-corrected chi connectivity index (χ0v) is 11.6. The van der Waals surface area contributed by atoms with Crippen molar-refractivity contribution in [1.29, 1.82) is 0 Å². The van der Waals surface area contributed by atoms with Gasteiger partial charge in [0.25, 0.3) is 0 Å². The lowest BCUT2D eigenvalue weighted by molar-refractivity contribution is 0.577. The van der Waals surface area contributed by atoms with Crippen molar-refractivity contribution < 1.29 is 4.39 Å². The van der Waals surface area contributed by atoms with Crippen molar-refractivity contribution in [3.8, 4) is 0 Å². The number of hydrogen-bond acceptors (Lipinski definition) is 2. The normalized spacial score (nSPS) is 16.4. The van der Waals surface area contributed by atoms with Gasteiger partial charge in [-0.3, -0.25) is 0 Å². The van der Waals surface area contributed by atoms with Crippen LogP contribution in [0.4, 0.5) is 10.1 Å². The lowest BCUT2D eigenvalue weighted by Crippen LogP contribution is -2.43. The molecule has 2 nitrogen and oxygen atoms in total. The molecule has 18 heavy (non-hydrogen) atoms. The molecule has 0 unspecified atom stereocenters. The molecule has 0 spiro atoms. The Labute approximate surface area is 109 Å². The van der Waals surface area contributed by atoms with Crippen molar-refractivity contribution in [3.63, 3.8) is 0 Å². The summed E-state index contributed by atoms with van der Waals surface area (Å²) in [5.41, 5.74) is 2.97. The fourth-order valence-electron chi connectivity index (χ4n) is 2.54. The molecule has 0 saturated carbocycles. The maximum absolute atomic E-state index is 14.0. The van der Waals surface area contributed by atoms with Crippen molar-refractivity contribution in [1.82, 2.24) is 5.32 Å². The van der Waals surface area contributed by atoms with Gasteiger partial charge in [0.2, 0.25) is 0 Å². The SMILES string of the molecule is Cc1c(F)cc(CC(C)C)cc1N1CCNCC1. The zero-order chi connectivity index (χ0) is 13.1. The van der Waals surface area contributed by atoms with Crippen LogP contribution in [0.5, 0.6) is 0 Å². The van der Waals surface area contributed by atoms with Crippen LogP contribution in [0.25, 0.3) is 0 Å². The minimum Gasteiger partial charge on any atom is -0.369 e. The molecule has 0 amide bonds. The minimum atomic E-state index is -0.0679. The van der Waals surface area contributed by atoms with Crippen LogP contribution in [0.15, 0.2) is 12.1 Å². The van der Waals surface area contributed by atoms with Gasteiger partial charge in [-0.1, -0.05) is 13.8 Å². The average molecular weight is 250 g/mol. The molecule has 0 bridgehead atoms. The summed E-state index contributed by atoms with van der Waals surface area (Å²) >= 11 is 0. The summed E-state index contributed by atoms with van der Waals surface area (Å²) in [7, 11) is 0. The fraction of sp³-hybridized carbons (Fsp3) is 0.600. The Morgan fingerprint density at radius 3 is 2.56 bits per heavy atom. The Kier molecular flexibility index (Phi) is 4.23. The first-order valence-electron chi connectivity index (χ1n) is 6.82. The summed E-state index contributed by atoms with van der Waals surface area (Å²) in [6.07, 6.45) is 0.941. The lowest BCUT2D eigenvalue weighted by Gasteiger charge is -2.31. The van der Waals surface area contributed by atoms with Crippen LogP contribution in [0, 0.1) is 18.7 Å². The molecule has 1 aliphatic heterocycles. The number of piperazine rings is 1. The number of anilines is 1. The standard InChI is InChI=1S/C15H23FN2/c1-11(2)8-13-9-14(16)12(3)15(10-13)18-6-4-17-5-7-18/h9-11,17H,4-8H2,1-3H3. The monoisotopic (exact) mass is 250 g/mol. The minimum absolute atomic E-state index is 0.0679. The zero-order valence-electron chi connectivity index (χ0n) is 11.6. The van der Waals surface area contributed by atoms with Gasteiger partial charge in [-0.2, -0.15) is 0 Å². The van der Waals surface area contributed by atoms with Crippen molar-refractivity contribution in [3.05, 3.63) is 29.1 Å². The molecule has 1 aromatic carbocycles. The van der Waals surface area contributed by atoms with Crippen LogP contribution in [0.2, 0.25) is 0 Å². The number of nitrogens with one attached hydrogen (secondary N) is 1. The summed E-state index contributed by atoms with van der Waals surface area (Å²) in [6, 6.07) is 3.87. The topological polar surface area (TPSA) is 15.3 Å². The van der Waals surface area contributed by atoms with Crippen LogP contribution in [-0.4, -0.2) is 26.2 Å². The van der Waals surface area contributed by atoms with Crippen LogP contribution >= 0.6 is 0 Å². The van der Waals surface area contributed by atoms with E-state index in [1.807, 2.05) is 6.92 Å². The van der Waals surface area contributed by atoms with Crippen molar-refractivity contribution in [2.45, 2.75) is 27.2 Å². The van der Waals surface area contributed by atoms with Gasteiger partial charge in [-0.15, -0.1) is 0 Å². The average Bonchev–Trinajstić information content (AvgIpc) is 2.34. The van der Waals surface area contributed by atoms with E-state index in [2.05, 4.69) is 30.1 Å². The molecule has 0 aliphatic carbocycles. The third kappa shape index (κ3) is 3.02. The Bertz CT molecular complexity index is 409. The van der Waals surface area contributed by atoms with E-state index in [0.29, 0.717) is 5.92 Å². The molecule has 0 radical (unpaired) electrons. The number of benzene rings is 1. The van der Waals surface area contributed by atoms with Gasteiger partial charge >= 0.3 is 0 Å². The molecule has 100 valence electrons. The Morgan fingerprint density at radius 2 is 1.94 bits per heavy atom. The molecule has 1 heterocycles. The van der Waals surface area contributed by atoms with Crippen LogP contribution in [0.1, 0.15) is 25.0 Å². The number of rotatable bonds is 3. The smallest absolute Gasteiger partial charge is 0.128 e. The van der Waals surface area contributed by atoms with Crippen molar-refractivity contribution in [2.75, 3.05) is 31.1 Å². The van der Waals surface area contributed by atoms with E-state index < -0.39 is 0 Å². The first kappa shape index (κ1) is 13.3. The second-order valence-electron chi connectivity index (χ2n) is 5.56. The molecule has 2 rings (SSSR count). The van der Waals surface area contributed by atoms with E-state index in [-0.39, 0.29) is 5.82 Å². The van der Waals surface area contributed by atoms with Crippen LogP contribution < -0.4 is 10.2 Å². The fourth-order valence-corrected chi connectivity index (χ4v) is 2.54. The quantitative estimate of drug-likeness (QED) is 0.887. The second kappa shape index (κ2) is 5.70. The second-order valence-corrected chi connectivity index (χ2v) is 5.56. The van der Waals surface area contributed by atoms with Crippen molar-refractivity contribution in [2.24, 2.45) is 5.92 Å². The van der Waals surface area contributed by atoms with E-state index in [1.54, 1.807) is 6.07 Å². The van der Waals surface area contributed by atoms with E-state index >= 15 is 0 Å². The highest BCUT2D eigenvalue weighted by Crippen LogP contribution is 2.26. The molecule has 3 heteroatoms. The summed E-state index contributed by atoms with van der Waals surface area (Å²) in [6.45, 7) is 10.1. The summed E-state index contributed by atoms with van der Waals surface area (Å²) < 4.78 is 14.0. The van der Waals surface area contributed by atoms with Crippen LogP contribution in [0.3, 0.4) is 0 Å². The molecule has 0 atom stereocenters. The predicted molar refractivity (Wildman–Crippen MR) is 74.8 cm³/mol. The van der Waals surface area contributed by atoms with Gasteiger partial charge < -0.3 is 10.2 Å². The van der Waals surface area contributed by atoms with E-state index in [1.165, 1.54) is 0 Å². The van der Waals surface area contributed by atoms with Gasteiger partial charge in [-0.05, 0) is 37.0 Å². The largest absolute Gasteiger partial charge is 0.369 e. The maximum atomic E-state index is 14.0. The van der Waals surface area contributed by atoms with Gasteiger partial charge in [0, 0.05) is 37.4 Å². The summed E-state index contributed by atoms with van der Waals surface area (Å²) in [5, 5.41) is 3.33. The Hall–Kier alpha value is -1.09.